The summed E-state index contributed by atoms with van der Waals surface area (Å²) in [5.41, 5.74) is 2.07. The molecule has 0 atom stereocenters. The fraction of sp³-hybridized carbons (Fsp3) is 0.200. The van der Waals surface area contributed by atoms with Gasteiger partial charge < -0.3 is 4.74 Å². The highest BCUT2D eigenvalue weighted by molar-refractivity contribution is 7.89. The minimum Gasteiger partial charge on any atom is -0.494 e. The third kappa shape index (κ3) is 4.18. The molecule has 0 spiro atoms. The topological polar surface area (TPSA) is 55.4 Å². The molecule has 0 bridgehead atoms. The second-order valence-corrected chi connectivity index (χ2v) is 7.68. The number of aryl methyl sites for hydroxylation is 1. The number of fused-ring (bicyclic) bond motifs is 1. The molecule has 0 fully saturated rings. The van der Waals surface area contributed by atoms with Crippen molar-refractivity contribution in [3.05, 3.63) is 71.8 Å². The highest BCUT2D eigenvalue weighted by Crippen LogP contribution is 2.24. The van der Waals surface area contributed by atoms with Crippen LogP contribution in [0.3, 0.4) is 0 Å². The predicted octanol–water partition coefficient (Wildman–Crippen LogP) is 4.03. The fourth-order valence-electron chi connectivity index (χ4n) is 2.59. The number of sulfonamides is 1. The van der Waals surface area contributed by atoms with Gasteiger partial charge in [0.1, 0.15) is 5.75 Å². The van der Waals surface area contributed by atoms with Gasteiger partial charge in [-0.05, 0) is 54.4 Å². The van der Waals surface area contributed by atoms with Crippen molar-refractivity contribution in [2.24, 2.45) is 0 Å². The molecule has 0 aliphatic rings. The van der Waals surface area contributed by atoms with E-state index in [9.17, 15) is 8.42 Å². The summed E-state index contributed by atoms with van der Waals surface area (Å²) in [7, 11) is -3.56. The Bertz CT molecular complexity index is 979. The van der Waals surface area contributed by atoms with Gasteiger partial charge in [0, 0.05) is 6.54 Å². The summed E-state index contributed by atoms with van der Waals surface area (Å²) in [5, 5.41) is 1.81. The fourth-order valence-corrected chi connectivity index (χ4v) is 3.65. The summed E-state index contributed by atoms with van der Waals surface area (Å²) in [6.07, 6.45) is 0. The average molecular weight is 355 g/mol. The molecule has 4 nitrogen and oxygen atoms in total. The first-order valence-corrected chi connectivity index (χ1v) is 9.68. The van der Waals surface area contributed by atoms with Crippen LogP contribution < -0.4 is 9.46 Å². The van der Waals surface area contributed by atoms with Gasteiger partial charge in [0.05, 0.1) is 11.5 Å². The van der Waals surface area contributed by atoms with E-state index in [0.29, 0.717) is 6.61 Å². The molecule has 130 valence electrons. The van der Waals surface area contributed by atoms with Crippen molar-refractivity contribution in [1.29, 1.82) is 0 Å². The summed E-state index contributed by atoms with van der Waals surface area (Å²) in [5.74, 6) is 0.781. The molecule has 0 saturated heterocycles. The lowest BCUT2D eigenvalue weighted by atomic mass is 10.1. The standard InChI is InChI=1S/C20H21NO3S/c1-3-24-19-10-8-18-13-20(11-9-17(18)12-19)25(22,23)21-14-16-6-4-15(2)5-7-16/h4-13,21H,3,14H2,1-2H3. The van der Waals surface area contributed by atoms with Gasteiger partial charge in [-0.25, -0.2) is 13.1 Å². The van der Waals surface area contributed by atoms with Crippen LogP contribution >= 0.6 is 0 Å². The Morgan fingerprint density at radius 3 is 2.32 bits per heavy atom. The molecule has 3 aromatic carbocycles. The molecular weight excluding hydrogens is 334 g/mol. The molecule has 25 heavy (non-hydrogen) atoms. The number of rotatable bonds is 6. The first-order valence-electron chi connectivity index (χ1n) is 8.20. The molecule has 0 radical (unpaired) electrons. The SMILES string of the molecule is CCOc1ccc2cc(S(=O)(=O)NCc3ccc(C)cc3)ccc2c1. The van der Waals surface area contributed by atoms with E-state index in [1.54, 1.807) is 18.2 Å². The maximum Gasteiger partial charge on any atom is 0.240 e. The van der Waals surface area contributed by atoms with Gasteiger partial charge in [0.15, 0.2) is 0 Å². The van der Waals surface area contributed by atoms with Gasteiger partial charge in [0.25, 0.3) is 0 Å². The Labute approximate surface area is 148 Å². The second-order valence-electron chi connectivity index (χ2n) is 5.91. The molecule has 0 amide bonds. The zero-order valence-corrected chi connectivity index (χ0v) is 15.1. The minimum atomic E-state index is -3.56. The molecule has 0 unspecified atom stereocenters. The molecule has 0 heterocycles. The quantitative estimate of drug-likeness (QED) is 0.726. The van der Waals surface area contributed by atoms with Crippen molar-refractivity contribution >= 4 is 20.8 Å². The zero-order valence-electron chi connectivity index (χ0n) is 14.3. The van der Waals surface area contributed by atoms with Crippen LogP contribution in [0.15, 0.2) is 65.6 Å². The molecule has 0 saturated carbocycles. The van der Waals surface area contributed by atoms with Gasteiger partial charge in [-0.2, -0.15) is 0 Å². The minimum absolute atomic E-state index is 0.260. The van der Waals surface area contributed by atoms with Crippen molar-refractivity contribution < 1.29 is 13.2 Å². The molecule has 0 aliphatic heterocycles. The third-order valence-corrected chi connectivity index (χ3v) is 5.39. The van der Waals surface area contributed by atoms with E-state index < -0.39 is 10.0 Å². The maximum absolute atomic E-state index is 12.5. The van der Waals surface area contributed by atoms with Crippen LogP contribution in [0.4, 0.5) is 0 Å². The first-order chi connectivity index (χ1) is 12.0. The van der Waals surface area contributed by atoms with E-state index in [2.05, 4.69) is 4.72 Å². The molecular formula is C20H21NO3S. The highest BCUT2D eigenvalue weighted by Gasteiger charge is 2.14. The van der Waals surface area contributed by atoms with Crippen LogP contribution in [-0.2, 0) is 16.6 Å². The van der Waals surface area contributed by atoms with E-state index in [1.165, 1.54) is 0 Å². The zero-order chi connectivity index (χ0) is 17.9. The molecule has 3 aromatic rings. The molecule has 0 aromatic heterocycles. The van der Waals surface area contributed by atoms with Gasteiger partial charge in [-0.15, -0.1) is 0 Å². The number of hydrogen-bond acceptors (Lipinski definition) is 3. The van der Waals surface area contributed by atoms with Crippen LogP contribution in [0.2, 0.25) is 0 Å². The average Bonchev–Trinajstić information content (AvgIpc) is 2.61. The molecule has 3 rings (SSSR count). The van der Waals surface area contributed by atoms with E-state index in [4.69, 9.17) is 4.74 Å². The summed E-state index contributed by atoms with van der Waals surface area (Å²) in [4.78, 5) is 0.260. The molecule has 0 aliphatic carbocycles. The van der Waals surface area contributed by atoms with Crippen molar-refractivity contribution in [3.63, 3.8) is 0 Å². The summed E-state index contributed by atoms with van der Waals surface area (Å²) < 4.78 is 33.2. The first kappa shape index (κ1) is 17.5. The van der Waals surface area contributed by atoms with Crippen LogP contribution in [0.5, 0.6) is 5.75 Å². The monoisotopic (exact) mass is 355 g/mol. The molecule has 5 heteroatoms. The lowest BCUT2D eigenvalue weighted by Gasteiger charge is -2.09. The van der Waals surface area contributed by atoms with Crippen molar-refractivity contribution in [2.75, 3.05) is 6.61 Å². The Morgan fingerprint density at radius 1 is 0.920 bits per heavy atom. The van der Waals surface area contributed by atoms with E-state index in [-0.39, 0.29) is 11.4 Å². The summed E-state index contributed by atoms with van der Waals surface area (Å²) in [6.45, 7) is 4.80. The van der Waals surface area contributed by atoms with Gasteiger partial charge >= 0.3 is 0 Å². The smallest absolute Gasteiger partial charge is 0.240 e. The number of hydrogen-bond donors (Lipinski definition) is 1. The summed E-state index contributed by atoms with van der Waals surface area (Å²) >= 11 is 0. The largest absolute Gasteiger partial charge is 0.494 e. The summed E-state index contributed by atoms with van der Waals surface area (Å²) in [6, 6.07) is 18.5. The van der Waals surface area contributed by atoms with Crippen molar-refractivity contribution in [2.45, 2.75) is 25.3 Å². The Balaban J connectivity index is 1.81. The Hall–Kier alpha value is -2.37. The second kappa shape index (κ2) is 7.25. The van der Waals surface area contributed by atoms with E-state index in [1.807, 2.05) is 56.3 Å². The molecule has 1 N–H and O–H groups in total. The number of ether oxygens (including phenoxy) is 1. The normalized spacial score (nSPS) is 11.6. The van der Waals surface area contributed by atoms with Crippen LogP contribution in [0.25, 0.3) is 10.8 Å². The van der Waals surface area contributed by atoms with Crippen molar-refractivity contribution in [3.8, 4) is 5.75 Å². The van der Waals surface area contributed by atoms with Crippen LogP contribution in [-0.4, -0.2) is 15.0 Å². The Morgan fingerprint density at radius 2 is 1.60 bits per heavy atom. The lowest BCUT2D eigenvalue weighted by molar-refractivity contribution is 0.341. The number of benzene rings is 3. The maximum atomic E-state index is 12.5. The third-order valence-electron chi connectivity index (χ3n) is 3.99. The van der Waals surface area contributed by atoms with E-state index in [0.717, 1.165) is 27.6 Å². The number of nitrogens with one attached hydrogen (secondary N) is 1. The predicted molar refractivity (Wildman–Crippen MR) is 100 cm³/mol. The van der Waals surface area contributed by atoms with Gasteiger partial charge in [-0.3, -0.25) is 0 Å². The lowest BCUT2D eigenvalue weighted by Crippen LogP contribution is -2.23. The van der Waals surface area contributed by atoms with Gasteiger partial charge in [-0.1, -0.05) is 42.0 Å². The van der Waals surface area contributed by atoms with Crippen LogP contribution in [0.1, 0.15) is 18.1 Å². The van der Waals surface area contributed by atoms with Gasteiger partial charge in [0.2, 0.25) is 10.0 Å². The Kier molecular flexibility index (Phi) is 5.06. The van der Waals surface area contributed by atoms with Crippen LogP contribution in [0, 0.1) is 6.92 Å². The highest BCUT2D eigenvalue weighted by atomic mass is 32.2. The van der Waals surface area contributed by atoms with Crippen molar-refractivity contribution in [1.82, 2.24) is 4.72 Å². The van der Waals surface area contributed by atoms with E-state index >= 15 is 0 Å².